The maximum Gasteiger partial charge on any atom is 0.374 e. The van der Waals surface area contributed by atoms with Gasteiger partial charge in [-0.05, 0) is 23.6 Å². The molecule has 0 aliphatic rings. The number of benzene rings is 1. The molecule has 0 saturated carbocycles. The molecule has 0 radical (unpaired) electrons. The minimum absolute atomic E-state index is 0.250. The van der Waals surface area contributed by atoms with Crippen molar-refractivity contribution in [2.45, 2.75) is 6.42 Å². The van der Waals surface area contributed by atoms with Gasteiger partial charge in [0.15, 0.2) is 0 Å². The summed E-state index contributed by atoms with van der Waals surface area (Å²) in [6.07, 6.45) is 0.762. The van der Waals surface area contributed by atoms with Gasteiger partial charge in [-0.15, -0.1) is 11.3 Å². The number of rotatable bonds is 5. The van der Waals surface area contributed by atoms with Gasteiger partial charge in [0.25, 0.3) is 0 Å². The number of aromatic nitrogens is 2. The number of fused-ring (bicyclic) bond motifs is 1. The Bertz CT molecular complexity index is 772. The van der Waals surface area contributed by atoms with E-state index < -0.39 is 5.97 Å². The summed E-state index contributed by atoms with van der Waals surface area (Å²) in [6, 6.07) is 11.2. The molecule has 0 spiro atoms. The van der Waals surface area contributed by atoms with E-state index in [4.69, 9.17) is 9.84 Å². The van der Waals surface area contributed by atoms with E-state index in [1.807, 2.05) is 29.6 Å². The third kappa shape index (κ3) is 3.00. The van der Waals surface area contributed by atoms with E-state index >= 15 is 0 Å². The number of thiophene rings is 1. The predicted octanol–water partition coefficient (Wildman–Crippen LogP) is 3.01. The van der Waals surface area contributed by atoms with Crippen molar-refractivity contribution in [1.82, 2.24) is 9.97 Å². The molecule has 0 atom stereocenters. The van der Waals surface area contributed by atoms with Crippen LogP contribution in [-0.4, -0.2) is 27.7 Å². The Morgan fingerprint density at radius 3 is 2.81 bits per heavy atom. The molecule has 5 nitrogen and oxygen atoms in total. The van der Waals surface area contributed by atoms with Crippen molar-refractivity contribution in [3.63, 3.8) is 0 Å². The maximum atomic E-state index is 11.1. The Morgan fingerprint density at radius 1 is 1.19 bits per heavy atom. The second-order valence-electron chi connectivity index (χ2n) is 4.35. The third-order valence-electron chi connectivity index (χ3n) is 2.93. The highest BCUT2D eigenvalue weighted by molar-refractivity contribution is 7.09. The van der Waals surface area contributed by atoms with Crippen molar-refractivity contribution in [2.75, 3.05) is 6.61 Å². The molecular formula is C15H12N2O3S. The lowest BCUT2D eigenvalue weighted by Gasteiger charge is -2.08. The number of carboxylic acids is 1. The SMILES string of the molecule is O=C(O)c1nc(OCCc2cccs2)c2ccccc2n1. The topological polar surface area (TPSA) is 72.3 Å². The lowest BCUT2D eigenvalue weighted by Crippen LogP contribution is -2.08. The zero-order chi connectivity index (χ0) is 14.7. The van der Waals surface area contributed by atoms with E-state index in [0.717, 1.165) is 6.42 Å². The van der Waals surface area contributed by atoms with E-state index in [1.165, 1.54) is 4.88 Å². The molecule has 0 aliphatic carbocycles. The largest absolute Gasteiger partial charge is 0.477 e. The summed E-state index contributed by atoms with van der Waals surface area (Å²) in [7, 11) is 0. The molecule has 0 unspecified atom stereocenters. The van der Waals surface area contributed by atoms with Crippen LogP contribution in [0.3, 0.4) is 0 Å². The molecule has 0 saturated heterocycles. The van der Waals surface area contributed by atoms with Gasteiger partial charge in [-0.1, -0.05) is 18.2 Å². The van der Waals surface area contributed by atoms with Gasteiger partial charge in [0.2, 0.25) is 11.7 Å². The normalized spacial score (nSPS) is 10.7. The summed E-state index contributed by atoms with van der Waals surface area (Å²) in [6.45, 7) is 0.445. The molecule has 0 amide bonds. The van der Waals surface area contributed by atoms with Crippen molar-refractivity contribution >= 4 is 28.2 Å². The van der Waals surface area contributed by atoms with Crippen LogP contribution in [0.5, 0.6) is 5.88 Å². The van der Waals surface area contributed by atoms with Gasteiger partial charge in [0.1, 0.15) is 0 Å². The molecule has 21 heavy (non-hydrogen) atoms. The second-order valence-corrected chi connectivity index (χ2v) is 5.38. The van der Waals surface area contributed by atoms with E-state index in [-0.39, 0.29) is 5.82 Å². The van der Waals surface area contributed by atoms with Crippen molar-refractivity contribution in [2.24, 2.45) is 0 Å². The first kappa shape index (κ1) is 13.5. The van der Waals surface area contributed by atoms with Crippen LogP contribution < -0.4 is 4.74 Å². The molecule has 6 heteroatoms. The lowest BCUT2D eigenvalue weighted by atomic mass is 10.2. The molecule has 0 fully saturated rings. The van der Waals surface area contributed by atoms with Gasteiger partial charge in [0, 0.05) is 11.3 Å². The number of nitrogens with zero attached hydrogens (tertiary/aromatic N) is 2. The fraction of sp³-hybridized carbons (Fsp3) is 0.133. The Morgan fingerprint density at radius 2 is 2.05 bits per heavy atom. The van der Waals surface area contributed by atoms with Crippen LogP contribution in [0.15, 0.2) is 41.8 Å². The fourth-order valence-corrected chi connectivity index (χ4v) is 2.65. The van der Waals surface area contributed by atoms with Crippen LogP contribution in [0.25, 0.3) is 10.9 Å². The lowest BCUT2D eigenvalue weighted by molar-refractivity contribution is 0.0682. The van der Waals surface area contributed by atoms with Crippen LogP contribution in [0.4, 0.5) is 0 Å². The molecule has 3 aromatic rings. The summed E-state index contributed by atoms with van der Waals surface area (Å²) in [4.78, 5) is 20.3. The van der Waals surface area contributed by atoms with Gasteiger partial charge in [-0.25, -0.2) is 9.78 Å². The average molecular weight is 300 g/mol. The first-order valence-electron chi connectivity index (χ1n) is 6.39. The van der Waals surface area contributed by atoms with Crippen LogP contribution in [0.2, 0.25) is 0 Å². The predicted molar refractivity (Wildman–Crippen MR) is 80.0 cm³/mol. The molecule has 2 heterocycles. The molecule has 1 N–H and O–H groups in total. The zero-order valence-corrected chi connectivity index (χ0v) is 11.8. The number of hydrogen-bond acceptors (Lipinski definition) is 5. The van der Waals surface area contributed by atoms with E-state index in [1.54, 1.807) is 23.5 Å². The number of carboxylic acid groups (broad SMARTS) is 1. The van der Waals surface area contributed by atoms with Gasteiger partial charge in [-0.3, -0.25) is 0 Å². The first-order valence-corrected chi connectivity index (χ1v) is 7.27. The number of hydrogen-bond donors (Lipinski definition) is 1. The highest BCUT2D eigenvalue weighted by Gasteiger charge is 2.13. The summed E-state index contributed by atoms with van der Waals surface area (Å²) in [5.41, 5.74) is 0.566. The van der Waals surface area contributed by atoms with E-state index in [2.05, 4.69) is 9.97 Å². The standard InChI is InChI=1S/C15H12N2O3S/c18-15(19)13-16-12-6-2-1-5-11(12)14(17-13)20-8-7-10-4-3-9-21-10/h1-6,9H,7-8H2,(H,18,19). The Hall–Kier alpha value is -2.47. The van der Waals surface area contributed by atoms with Crippen LogP contribution in [0, 0.1) is 0 Å². The summed E-state index contributed by atoms with van der Waals surface area (Å²) >= 11 is 1.66. The smallest absolute Gasteiger partial charge is 0.374 e. The molecule has 0 bridgehead atoms. The van der Waals surface area contributed by atoms with Crippen molar-refractivity contribution in [3.05, 3.63) is 52.5 Å². The van der Waals surface area contributed by atoms with Crippen molar-refractivity contribution in [1.29, 1.82) is 0 Å². The Labute approximate surface area is 124 Å². The number of aromatic carboxylic acids is 1. The summed E-state index contributed by atoms with van der Waals surface area (Å²) in [5, 5.41) is 11.8. The minimum Gasteiger partial charge on any atom is -0.477 e. The fourth-order valence-electron chi connectivity index (χ4n) is 1.96. The van der Waals surface area contributed by atoms with Gasteiger partial charge < -0.3 is 9.84 Å². The Balaban J connectivity index is 1.87. The maximum absolute atomic E-state index is 11.1. The first-order chi connectivity index (χ1) is 10.2. The number of ether oxygens (including phenoxy) is 1. The average Bonchev–Trinajstić information content (AvgIpc) is 3.00. The van der Waals surface area contributed by atoms with Crippen LogP contribution in [0.1, 0.15) is 15.5 Å². The zero-order valence-electron chi connectivity index (χ0n) is 11.0. The van der Waals surface area contributed by atoms with Crippen molar-refractivity contribution < 1.29 is 14.6 Å². The van der Waals surface area contributed by atoms with Gasteiger partial charge in [0.05, 0.1) is 17.5 Å². The molecular weight excluding hydrogens is 288 g/mol. The summed E-state index contributed by atoms with van der Waals surface area (Å²) in [5.74, 6) is -1.10. The van der Waals surface area contributed by atoms with Gasteiger partial charge >= 0.3 is 5.97 Å². The highest BCUT2D eigenvalue weighted by Crippen LogP contribution is 2.22. The van der Waals surface area contributed by atoms with Gasteiger partial charge in [-0.2, -0.15) is 4.98 Å². The highest BCUT2D eigenvalue weighted by atomic mass is 32.1. The molecule has 106 valence electrons. The molecule has 1 aromatic carbocycles. The molecule has 0 aliphatic heterocycles. The number of carbonyl (C=O) groups is 1. The third-order valence-corrected chi connectivity index (χ3v) is 3.86. The van der Waals surface area contributed by atoms with E-state index in [9.17, 15) is 4.79 Å². The van der Waals surface area contributed by atoms with Crippen LogP contribution in [-0.2, 0) is 6.42 Å². The number of para-hydroxylation sites is 1. The quantitative estimate of drug-likeness (QED) is 0.784. The monoisotopic (exact) mass is 300 g/mol. The minimum atomic E-state index is -1.16. The van der Waals surface area contributed by atoms with E-state index in [0.29, 0.717) is 23.4 Å². The molecule has 2 aromatic heterocycles. The van der Waals surface area contributed by atoms with Crippen molar-refractivity contribution in [3.8, 4) is 5.88 Å². The Kier molecular flexibility index (Phi) is 3.79. The van der Waals surface area contributed by atoms with Crippen LogP contribution >= 0.6 is 11.3 Å². The summed E-state index contributed by atoms with van der Waals surface area (Å²) < 4.78 is 5.68. The molecule has 3 rings (SSSR count). The second kappa shape index (κ2) is 5.88.